The summed E-state index contributed by atoms with van der Waals surface area (Å²) in [6.07, 6.45) is 3.41. The average Bonchev–Trinajstić information content (AvgIpc) is 2.92. The highest BCUT2D eigenvalue weighted by atomic mass is 32.1. The number of nitrogen functional groups attached to an aromatic ring is 1. The molecule has 23 heavy (non-hydrogen) atoms. The topological polar surface area (TPSA) is 100 Å². The molecule has 0 saturated heterocycles. The maximum absolute atomic E-state index is 11.5. The summed E-state index contributed by atoms with van der Waals surface area (Å²) in [7, 11) is 0. The molecule has 1 aliphatic heterocycles. The number of benzene rings is 1. The van der Waals surface area contributed by atoms with Gasteiger partial charge in [0.25, 0.3) is 5.91 Å². The number of thiophene rings is 1. The van der Waals surface area contributed by atoms with Gasteiger partial charge in [-0.1, -0.05) is 6.07 Å². The van der Waals surface area contributed by atoms with E-state index in [0.717, 1.165) is 27.0 Å². The van der Waals surface area contributed by atoms with Crippen molar-refractivity contribution in [2.24, 2.45) is 5.73 Å². The third-order valence-electron chi connectivity index (χ3n) is 3.71. The summed E-state index contributed by atoms with van der Waals surface area (Å²) in [5.41, 5.74) is 13.7. The van der Waals surface area contributed by atoms with Gasteiger partial charge in [0.05, 0.1) is 10.4 Å². The Morgan fingerprint density at radius 2 is 1.96 bits per heavy atom. The summed E-state index contributed by atoms with van der Waals surface area (Å²) in [6, 6.07) is 5.68. The van der Waals surface area contributed by atoms with Crippen molar-refractivity contribution in [1.29, 1.82) is 0 Å². The standard InChI is InChI=1S/C16H13N3O3S/c17-14-13-9(6-19-7-12(13)23-15(14)16(18)20)8-1-2-10-11(5-8)22-4-3-21-10/h1-2,5-7H,3-4,17H2,(H2,18,20). The number of carbonyl (C=O) groups excluding carboxylic acids is 1. The number of amides is 1. The molecule has 0 atom stereocenters. The highest BCUT2D eigenvalue weighted by Gasteiger charge is 2.19. The Balaban J connectivity index is 1.93. The fourth-order valence-corrected chi connectivity index (χ4v) is 3.66. The smallest absolute Gasteiger partial charge is 0.260 e. The maximum atomic E-state index is 11.5. The van der Waals surface area contributed by atoms with E-state index in [0.29, 0.717) is 29.5 Å². The Kier molecular flexibility index (Phi) is 3.09. The van der Waals surface area contributed by atoms with Crippen LogP contribution in [-0.4, -0.2) is 24.1 Å². The molecule has 0 bridgehead atoms. The van der Waals surface area contributed by atoms with Crippen LogP contribution in [0, 0.1) is 0 Å². The van der Waals surface area contributed by atoms with E-state index in [2.05, 4.69) is 4.98 Å². The van der Waals surface area contributed by atoms with Gasteiger partial charge in [0.1, 0.15) is 18.1 Å². The zero-order chi connectivity index (χ0) is 16.0. The highest BCUT2D eigenvalue weighted by Crippen LogP contribution is 2.41. The summed E-state index contributed by atoms with van der Waals surface area (Å²) < 4.78 is 12.0. The first-order valence-corrected chi connectivity index (χ1v) is 7.82. The zero-order valence-corrected chi connectivity index (χ0v) is 12.9. The lowest BCUT2D eigenvalue weighted by Gasteiger charge is -2.19. The minimum absolute atomic E-state index is 0.354. The molecule has 7 heteroatoms. The van der Waals surface area contributed by atoms with Gasteiger partial charge in [0.15, 0.2) is 11.5 Å². The zero-order valence-electron chi connectivity index (χ0n) is 12.0. The molecular weight excluding hydrogens is 314 g/mol. The van der Waals surface area contributed by atoms with Gasteiger partial charge >= 0.3 is 0 Å². The number of anilines is 1. The number of aromatic nitrogens is 1. The first kappa shape index (κ1) is 13.8. The molecule has 1 amide bonds. The van der Waals surface area contributed by atoms with Crippen LogP contribution in [0.4, 0.5) is 5.69 Å². The normalized spacial score (nSPS) is 13.2. The number of rotatable bonds is 2. The summed E-state index contributed by atoms with van der Waals surface area (Å²) in [6.45, 7) is 1.06. The number of primary amides is 1. The second-order valence-electron chi connectivity index (χ2n) is 5.13. The third-order valence-corrected chi connectivity index (χ3v) is 4.87. The van der Waals surface area contributed by atoms with E-state index in [4.69, 9.17) is 20.9 Å². The predicted molar refractivity (Wildman–Crippen MR) is 89.0 cm³/mol. The largest absolute Gasteiger partial charge is 0.486 e. The van der Waals surface area contributed by atoms with Gasteiger partial charge in [-0.05, 0) is 17.7 Å². The Hall–Kier alpha value is -2.80. The lowest BCUT2D eigenvalue weighted by molar-refractivity contribution is 0.100. The van der Waals surface area contributed by atoms with E-state index >= 15 is 0 Å². The van der Waals surface area contributed by atoms with Gasteiger partial charge in [-0.2, -0.15) is 0 Å². The van der Waals surface area contributed by atoms with E-state index in [1.54, 1.807) is 12.4 Å². The quantitative estimate of drug-likeness (QED) is 0.753. The minimum Gasteiger partial charge on any atom is -0.486 e. The van der Waals surface area contributed by atoms with Gasteiger partial charge in [-0.15, -0.1) is 11.3 Å². The monoisotopic (exact) mass is 327 g/mol. The van der Waals surface area contributed by atoms with Crippen LogP contribution in [0.3, 0.4) is 0 Å². The summed E-state index contributed by atoms with van der Waals surface area (Å²) >= 11 is 1.25. The molecule has 0 saturated carbocycles. The van der Waals surface area contributed by atoms with Crippen LogP contribution in [0.1, 0.15) is 9.67 Å². The second-order valence-corrected chi connectivity index (χ2v) is 6.18. The molecule has 1 aromatic carbocycles. The van der Waals surface area contributed by atoms with Crippen molar-refractivity contribution < 1.29 is 14.3 Å². The molecule has 0 radical (unpaired) electrons. The van der Waals surface area contributed by atoms with E-state index in [1.165, 1.54) is 11.3 Å². The molecule has 4 rings (SSSR count). The van der Waals surface area contributed by atoms with Gasteiger partial charge in [0, 0.05) is 23.3 Å². The van der Waals surface area contributed by atoms with Gasteiger partial charge < -0.3 is 20.9 Å². The molecule has 1 aliphatic rings. The van der Waals surface area contributed by atoms with Crippen molar-refractivity contribution in [2.45, 2.75) is 0 Å². The van der Waals surface area contributed by atoms with Crippen molar-refractivity contribution in [2.75, 3.05) is 18.9 Å². The lowest BCUT2D eigenvalue weighted by Crippen LogP contribution is -2.15. The number of hydrogen-bond donors (Lipinski definition) is 2. The first-order valence-electron chi connectivity index (χ1n) is 7.01. The molecule has 0 fully saturated rings. The maximum Gasteiger partial charge on any atom is 0.260 e. The number of pyridine rings is 1. The van der Waals surface area contributed by atoms with Crippen LogP contribution >= 0.6 is 11.3 Å². The minimum atomic E-state index is -0.531. The van der Waals surface area contributed by atoms with E-state index in [-0.39, 0.29) is 0 Å². The lowest BCUT2D eigenvalue weighted by atomic mass is 10.0. The molecule has 116 valence electrons. The van der Waals surface area contributed by atoms with Crippen LogP contribution in [0.5, 0.6) is 11.5 Å². The Morgan fingerprint density at radius 3 is 2.74 bits per heavy atom. The summed E-state index contributed by atoms with van der Waals surface area (Å²) in [5.74, 6) is 0.878. The average molecular weight is 327 g/mol. The van der Waals surface area contributed by atoms with Crippen LogP contribution in [0.15, 0.2) is 30.6 Å². The van der Waals surface area contributed by atoms with E-state index < -0.39 is 5.91 Å². The SMILES string of the molecule is NC(=O)c1sc2cncc(-c3ccc4c(c3)OCCO4)c2c1N. The molecule has 3 heterocycles. The number of nitrogens with zero attached hydrogens (tertiary/aromatic N) is 1. The van der Waals surface area contributed by atoms with Crippen molar-refractivity contribution in [3.05, 3.63) is 35.5 Å². The molecule has 4 N–H and O–H groups in total. The van der Waals surface area contributed by atoms with E-state index in [9.17, 15) is 4.79 Å². The second kappa shape index (κ2) is 5.13. The number of hydrogen-bond acceptors (Lipinski definition) is 6. The first-order chi connectivity index (χ1) is 11.1. The fraction of sp³-hybridized carbons (Fsp3) is 0.125. The molecule has 6 nitrogen and oxygen atoms in total. The van der Waals surface area contributed by atoms with Crippen LogP contribution in [-0.2, 0) is 0 Å². The van der Waals surface area contributed by atoms with Gasteiger partial charge in [-0.25, -0.2) is 0 Å². The van der Waals surface area contributed by atoms with Crippen molar-refractivity contribution in [1.82, 2.24) is 4.98 Å². The Bertz CT molecular complexity index is 936. The number of nitrogens with two attached hydrogens (primary N) is 2. The molecule has 0 aliphatic carbocycles. The number of ether oxygens (including phenoxy) is 2. The van der Waals surface area contributed by atoms with Crippen molar-refractivity contribution >= 4 is 33.0 Å². The van der Waals surface area contributed by atoms with Crippen LogP contribution in [0.2, 0.25) is 0 Å². The Morgan fingerprint density at radius 1 is 1.17 bits per heavy atom. The number of fused-ring (bicyclic) bond motifs is 2. The van der Waals surface area contributed by atoms with Crippen LogP contribution in [0.25, 0.3) is 21.2 Å². The summed E-state index contributed by atoms with van der Waals surface area (Å²) in [4.78, 5) is 16.1. The highest BCUT2D eigenvalue weighted by molar-refractivity contribution is 7.21. The van der Waals surface area contributed by atoms with Gasteiger partial charge in [-0.3, -0.25) is 9.78 Å². The van der Waals surface area contributed by atoms with Crippen LogP contribution < -0.4 is 20.9 Å². The van der Waals surface area contributed by atoms with Crippen molar-refractivity contribution in [3.8, 4) is 22.6 Å². The fourth-order valence-electron chi connectivity index (χ4n) is 2.69. The molecule has 3 aromatic rings. The molecule has 0 spiro atoms. The Labute approximate surface area is 135 Å². The predicted octanol–water partition coefficient (Wildman–Crippen LogP) is 2.42. The van der Waals surface area contributed by atoms with Gasteiger partial charge in [0.2, 0.25) is 0 Å². The molecule has 2 aromatic heterocycles. The molecule has 0 unspecified atom stereocenters. The van der Waals surface area contributed by atoms with E-state index in [1.807, 2.05) is 18.2 Å². The number of carbonyl (C=O) groups is 1. The van der Waals surface area contributed by atoms with Crippen molar-refractivity contribution in [3.63, 3.8) is 0 Å². The summed E-state index contributed by atoms with van der Waals surface area (Å²) in [5, 5.41) is 0.787. The third kappa shape index (κ3) is 2.17. The molecular formula is C16H13N3O3S.